The van der Waals surface area contributed by atoms with Gasteiger partial charge in [-0.05, 0) is 29.9 Å². The van der Waals surface area contributed by atoms with Gasteiger partial charge in [0, 0.05) is 11.9 Å². The zero-order chi connectivity index (χ0) is 17.5. The quantitative estimate of drug-likeness (QED) is 0.793. The maximum absolute atomic E-state index is 12.3. The second kappa shape index (κ2) is 8.34. The van der Waals surface area contributed by atoms with Gasteiger partial charge in [0.2, 0.25) is 0 Å². The summed E-state index contributed by atoms with van der Waals surface area (Å²) in [5, 5.41) is 4.31. The standard InChI is InChI=1S/C19H23NO4/c1-13(2)10-11-20-18(21)12-24-19(22)16-8-9-17(23-3)15-7-5-4-6-14(15)16/h4-9,13H,10-12H2,1-3H3,(H,20,21). The predicted molar refractivity (Wildman–Crippen MR) is 93.2 cm³/mol. The fourth-order valence-electron chi connectivity index (χ4n) is 2.39. The highest BCUT2D eigenvalue weighted by atomic mass is 16.5. The van der Waals surface area contributed by atoms with Gasteiger partial charge in [0.1, 0.15) is 5.75 Å². The van der Waals surface area contributed by atoms with E-state index in [9.17, 15) is 9.59 Å². The molecule has 0 saturated heterocycles. The van der Waals surface area contributed by atoms with E-state index in [1.54, 1.807) is 19.2 Å². The monoisotopic (exact) mass is 329 g/mol. The number of amides is 1. The molecule has 1 amide bonds. The predicted octanol–water partition coefficient (Wildman–Crippen LogP) is 3.17. The number of rotatable bonds is 7. The molecule has 0 saturated carbocycles. The van der Waals surface area contributed by atoms with E-state index in [0.717, 1.165) is 17.2 Å². The Bertz CT molecular complexity index is 724. The molecule has 24 heavy (non-hydrogen) atoms. The summed E-state index contributed by atoms with van der Waals surface area (Å²) >= 11 is 0. The smallest absolute Gasteiger partial charge is 0.339 e. The van der Waals surface area contributed by atoms with Crippen LogP contribution in [0.1, 0.15) is 30.6 Å². The van der Waals surface area contributed by atoms with Crippen LogP contribution in [0, 0.1) is 5.92 Å². The van der Waals surface area contributed by atoms with E-state index in [-0.39, 0.29) is 12.5 Å². The molecule has 0 aliphatic rings. The van der Waals surface area contributed by atoms with Gasteiger partial charge in [0.15, 0.2) is 6.61 Å². The van der Waals surface area contributed by atoms with E-state index < -0.39 is 5.97 Å². The second-order valence-corrected chi connectivity index (χ2v) is 5.97. The van der Waals surface area contributed by atoms with E-state index in [0.29, 0.717) is 23.8 Å². The van der Waals surface area contributed by atoms with Crippen molar-refractivity contribution in [3.63, 3.8) is 0 Å². The highest BCUT2D eigenvalue weighted by molar-refractivity contribution is 6.06. The number of carbonyl (C=O) groups excluding carboxylic acids is 2. The number of esters is 1. The fourth-order valence-corrected chi connectivity index (χ4v) is 2.39. The van der Waals surface area contributed by atoms with Gasteiger partial charge in [0.05, 0.1) is 12.7 Å². The Morgan fingerprint density at radius 3 is 2.46 bits per heavy atom. The molecule has 0 spiro atoms. The summed E-state index contributed by atoms with van der Waals surface area (Å²) in [6.45, 7) is 4.47. The van der Waals surface area contributed by atoms with Crippen molar-refractivity contribution < 1.29 is 19.1 Å². The Kier molecular flexibility index (Phi) is 6.18. The summed E-state index contributed by atoms with van der Waals surface area (Å²) in [5.74, 6) is 0.391. The largest absolute Gasteiger partial charge is 0.496 e. The van der Waals surface area contributed by atoms with Crippen LogP contribution in [0.15, 0.2) is 36.4 Å². The number of nitrogens with one attached hydrogen (secondary N) is 1. The molecule has 0 aliphatic carbocycles. The zero-order valence-electron chi connectivity index (χ0n) is 14.3. The number of hydrogen-bond acceptors (Lipinski definition) is 4. The highest BCUT2D eigenvalue weighted by Crippen LogP contribution is 2.28. The molecule has 2 rings (SSSR count). The highest BCUT2D eigenvalue weighted by Gasteiger charge is 2.15. The molecule has 0 aromatic heterocycles. The molecule has 1 N–H and O–H groups in total. The van der Waals surface area contributed by atoms with Crippen LogP contribution in [-0.2, 0) is 9.53 Å². The SMILES string of the molecule is COc1ccc(C(=O)OCC(=O)NCCC(C)C)c2ccccc12. The average molecular weight is 329 g/mol. The van der Waals surface area contributed by atoms with Gasteiger partial charge in [0.25, 0.3) is 5.91 Å². The summed E-state index contributed by atoms with van der Waals surface area (Å²) in [7, 11) is 1.58. The number of ether oxygens (including phenoxy) is 2. The van der Waals surface area contributed by atoms with Gasteiger partial charge >= 0.3 is 5.97 Å². The lowest BCUT2D eigenvalue weighted by atomic mass is 10.0. The molecule has 2 aromatic rings. The molecule has 2 aromatic carbocycles. The molecule has 0 radical (unpaired) electrons. The van der Waals surface area contributed by atoms with Crippen molar-refractivity contribution in [1.29, 1.82) is 0 Å². The lowest BCUT2D eigenvalue weighted by Crippen LogP contribution is -2.30. The van der Waals surface area contributed by atoms with E-state index >= 15 is 0 Å². The van der Waals surface area contributed by atoms with Crippen molar-refractivity contribution in [1.82, 2.24) is 5.32 Å². The second-order valence-electron chi connectivity index (χ2n) is 5.97. The number of hydrogen-bond donors (Lipinski definition) is 1. The first-order valence-electron chi connectivity index (χ1n) is 8.02. The Hall–Kier alpha value is -2.56. The summed E-state index contributed by atoms with van der Waals surface area (Å²) in [4.78, 5) is 24.0. The summed E-state index contributed by atoms with van der Waals surface area (Å²) in [6, 6.07) is 10.8. The minimum atomic E-state index is -0.520. The van der Waals surface area contributed by atoms with Crippen molar-refractivity contribution >= 4 is 22.6 Å². The first-order chi connectivity index (χ1) is 11.5. The van der Waals surface area contributed by atoms with Crippen LogP contribution in [0.5, 0.6) is 5.75 Å². The Balaban J connectivity index is 2.03. The van der Waals surface area contributed by atoms with Crippen molar-refractivity contribution in [2.75, 3.05) is 20.3 Å². The maximum atomic E-state index is 12.3. The molecule has 0 unspecified atom stereocenters. The molecular weight excluding hydrogens is 306 g/mol. The third-order valence-corrected chi connectivity index (χ3v) is 3.70. The first-order valence-corrected chi connectivity index (χ1v) is 8.02. The molecule has 0 heterocycles. The van der Waals surface area contributed by atoms with Gasteiger partial charge < -0.3 is 14.8 Å². The van der Waals surface area contributed by atoms with Crippen LogP contribution in [0.4, 0.5) is 0 Å². The Morgan fingerprint density at radius 2 is 1.79 bits per heavy atom. The third-order valence-electron chi connectivity index (χ3n) is 3.70. The molecule has 0 bridgehead atoms. The number of fused-ring (bicyclic) bond motifs is 1. The average Bonchev–Trinajstić information content (AvgIpc) is 2.58. The van der Waals surface area contributed by atoms with Gasteiger partial charge in [-0.1, -0.05) is 38.1 Å². The molecule has 128 valence electrons. The van der Waals surface area contributed by atoms with Crippen LogP contribution in [0.3, 0.4) is 0 Å². The molecule has 5 nitrogen and oxygen atoms in total. The Morgan fingerprint density at radius 1 is 1.08 bits per heavy atom. The van der Waals surface area contributed by atoms with E-state index in [4.69, 9.17) is 9.47 Å². The summed E-state index contributed by atoms with van der Waals surface area (Å²) in [5.41, 5.74) is 0.418. The van der Waals surface area contributed by atoms with E-state index in [2.05, 4.69) is 19.2 Å². The number of benzene rings is 2. The molecule has 0 atom stereocenters. The fraction of sp³-hybridized carbons (Fsp3) is 0.368. The topological polar surface area (TPSA) is 64.6 Å². The molecule has 0 aliphatic heterocycles. The summed E-state index contributed by atoms with van der Waals surface area (Å²) < 4.78 is 10.4. The van der Waals surface area contributed by atoms with Gasteiger partial charge in [-0.25, -0.2) is 4.79 Å². The van der Waals surface area contributed by atoms with Crippen LogP contribution in [0.25, 0.3) is 10.8 Å². The van der Waals surface area contributed by atoms with Crippen LogP contribution in [-0.4, -0.2) is 32.1 Å². The maximum Gasteiger partial charge on any atom is 0.339 e. The van der Waals surface area contributed by atoms with E-state index in [1.165, 1.54) is 0 Å². The van der Waals surface area contributed by atoms with Gasteiger partial charge in [-0.3, -0.25) is 4.79 Å². The molecule has 0 fully saturated rings. The van der Waals surface area contributed by atoms with Crippen LogP contribution >= 0.6 is 0 Å². The zero-order valence-corrected chi connectivity index (χ0v) is 14.3. The molecule has 5 heteroatoms. The van der Waals surface area contributed by atoms with Crippen molar-refractivity contribution in [2.45, 2.75) is 20.3 Å². The normalized spacial score (nSPS) is 10.7. The lowest BCUT2D eigenvalue weighted by molar-refractivity contribution is -0.124. The van der Waals surface area contributed by atoms with E-state index in [1.807, 2.05) is 24.3 Å². The van der Waals surface area contributed by atoms with Crippen molar-refractivity contribution in [3.05, 3.63) is 42.0 Å². The minimum absolute atomic E-state index is 0.280. The Labute approximate surface area is 141 Å². The minimum Gasteiger partial charge on any atom is -0.496 e. The summed E-state index contributed by atoms with van der Waals surface area (Å²) in [6.07, 6.45) is 0.892. The molecular formula is C19H23NO4. The first kappa shape index (κ1) is 17.8. The van der Waals surface area contributed by atoms with Crippen LogP contribution in [0.2, 0.25) is 0 Å². The van der Waals surface area contributed by atoms with Crippen molar-refractivity contribution in [2.24, 2.45) is 5.92 Å². The van der Waals surface area contributed by atoms with Crippen molar-refractivity contribution in [3.8, 4) is 5.75 Å². The number of carbonyl (C=O) groups is 2. The lowest BCUT2D eigenvalue weighted by Gasteiger charge is -2.11. The number of methoxy groups -OCH3 is 1. The third kappa shape index (κ3) is 4.47. The van der Waals surface area contributed by atoms with Crippen LogP contribution < -0.4 is 10.1 Å². The van der Waals surface area contributed by atoms with Gasteiger partial charge in [-0.2, -0.15) is 0 Å². The van der Waals surface area contributed by atoms with Gasteiger partial charge in [-0.15, -0.1) is 0 Å².